The van der Waals surface area contributed by atoms with Gasteiger partial charge in [0.2, 0.25) is 5.79 Å². The van der Waals surface area contributed by atoms with Gasteiger partial charge in [-0.2, -0.15) is 0 Å². The lowest BCUT2D eigenvalue weighted by Crippen LogP contribution is -2.64. The third kappa shape index (κ3) is 8.82. The highest BCUT2D eigenvalue weighted by Crippen LogP contribution is 2.63. The minimum absolute atomic E-state index is 0.00990. The SMILES string of the molecule is C=CCO[C@@]12Oc3ccc(OCCSc4ccccc4)cc3[C@H]3[C@H](CCCCO)[C@@H](CCCCO)C=C(C(=NOC)C[C@@H]1Sc1ccc4ccccc4c1)[C@H]32. The first-order chi connectivity index (χ1) is 27.1. The molecule has 4 aromatic carbocycles. The number of aliphatic hydroxyl groups excluding tert-OH is 2. The third-order valence-corrected chi connectivity index (χ3v) is 13.5. The number of allylic oxidation sites excluding steroid dienone is 1. The van der Waals surface area contributed by atoms with Crippen LogP contribution in [0.3, 0.4) is 0 Å². The van der Waals surface area contributed by atoms with Crippen molar-refractivity contribution in [1.29, 1.82) is 0 Å². The molecule has 2 aliphatic carbocycles. The van der Waals surface area contributed by atoms with Crippen molar-refractivity contribution in [2.24, 2.45) is 22.9 Å². The molecule has 0 bridgehead atoms. The molecular formula is C46H53NO6S2. The van der Waals surface area contributed by atoms with Gasteiger partial charge < -0.3 is 29.3 Å². The van der Waals surface area contributed by atoms with Crippen molar-refractivity contribution >= 4 is 40.0 Å². The van der Waals surface area contributed by atoms with Gasteiger partial charge in [-0.05, 0) is 96.3 Å². The van der Waals surface area contributed by atoms with E-state index in [2.05, 4.69) is 91.5 Å². The zero-order valence-electron chi connectivity index (χ0n) is 31.7. The van der Waals surface area contributed by atoms with Crippen LogP contribution in [0.15, 0.2) is 130 Å². The highest BCUT2D eigenvalue weighted by Gasteiger charge is 2.64. The zero-order chi connectivity index (χ0) is 38.0. The Bertz CT molecular complexity index is 1950. The molecule has 1 fully saturated rings. The van der Waals surface area contributed by atoms with Gasteiger partial charge in [0, 0.05) is 46.7 Å². The Kier molecular flexibility index (Phi) is 13.6. The number of aliphatic hydroxyl groups is 2. The van der Waals surface area contributed by atoms with Crippen LogP contribution >= 0.6 is 23.5 Å². The third-order valence-electron chi connectivity index (χ3n) is 11.2. The molecule has 2 N–H and O–H groups in total. The summed E-state index contributed by atoms with van der Waals surface area (Å²) in [5.41, 5.74) is 3.16. The highest BCUT2D eigenvalue weighted by atomic mass is 32.2. The molecule has 0 spiro atoms. The van der Waals surface area contributed by atoms with E-state index < -0.39 is 5.79 Å². The predicted molar refractivity (Wildman–Crippen MR) is 224 cm³/mol. The average Bonchev–Trinajstić information content (AvgIpc) is 3.21. The molecule has 4 aromatic rings. The second kappa shape index (κ2) is 18.9. The highest BCUT2D eigenvalue weighted by molar-refractivity contribution is 8.00. The Morgan fingerprint density at radius 1 is 0.891 bits per heavy atom. The number of thioether (sulfide) groups is 2. The number of benzene rings is 4. The molecule has 1 aliphatic heterocycles. The summed E-state index contributed by atoms with van der Waals surface area (Å²) in [4.78, 5) is 7.95. The molecule has 0 amide bonds. The Labute approximate surface area is 334 Å². The molecule has 6 atom stereocenters. The number of fused-ring (bicyclic) bond motifs is 3. The molecule has 0 unspecified atom stereocenters. The zero-order valence-corrected chi connectivity index (χ0v) is 33.3. The summed E-state index contributed by atoms with van der Waals surface area (Å²) < 4.78 is 20.9. The molecule has 0 saturated heterocycles. The van der Waals surface area contributed by atoms with E-state index in [1.807, 2.05) is 18.2 Å². The van der Waals surface area contributed by atoms with E-state index in [-0.39, 0.29) is 42.1 Å². The van der Waals surface area contributed by atoms with Crippen LogP contribution in [0.5, 0.6) is 11.5 Å². The minimum Gasteiger partial charge on any atom is -0.493 e. The number of rotatable bonds is 19. The Morgan fingerprint density at radius 2 is 1.67 bits per heavy atom. The van der Waals surface area contributed by atoms with Crippen LogP contribution in [0.1, 0.15) is 56.4 Å². The Balaban J connectivity index is 1.33. The van der Waals surface area contributed by atoms with Gasteiger partial charge in [0.15, 0.2) is 0 Å². The first-order valence-electron chi connectivity index (χ1n) is 19.7. The standard InChI is InChI=1S/C46H53NO6S2/c1-3-25-52-46-43(55-37-21-19-32-13-7-8-14-33(32)28-37)31-41(47-50-2)39-29-34(15-9-11-23-48)38(18-10-12-24-49)44(45(39)46)40-30-35(20-22-42(40)53-46)51-26-27-54-36-16-5-4-6-17-36/h3-8,13-14,16-17,19-22,28-30,34,38,43-45,48-49H,1,9-12,15,18,23-27,31H2,2H3/t34-,38+,43-,44+,45+,46+/m0/s1. The fraction of sp³-hybridized carbons (Fsp3) is 0.413. The van der Waals surface area contributed by atoms with Crippen molar-refractivity contribution in [1.82, 2.24) is 0 Å². The van der Waals surface area contributed by atoms with Crippen LogP contribution in [-0.4, -0.2) is 66.3 Å². The molecule has 7 nitrogen and oxygen atoms in total. The van der Waals surface area contributed by atoms with Crippen molar-refractivity contribution in [2.45, 2.75) is 71.7 Å². The number of hydrogen-bond donors (Lipinski definition) is 2. The van der Waals surface area contributed by atoms with Crippen LogP contribution in [0.25, 0.3) is 10.8 Å². The van der Waals surface area contributed by atoms with Gasteiger partial charge in [-0.25, -0.2) is 0 Å². The first kappa shape index (κ1) is 39.5. The second-order valence-electron chi connectivity index (χ2n) is 14.6. The smallest absolute Gasteiger partial charge is 0.231 e. The summed E-state index contributed by atoms with van der Waals surface area (Å²) in [5.74, 6) is 1.69. The van der Waals surface area contributed by atoms with E-state index in [0.29, 0.717) is 19.6 Å². The molecule has 290 valence electrons. The van der Waals surface area contributed by atoms with Crippen LogP contribution in [-0.2, 0) is 9.57 Å². The molecule has 7 rings (SSSR count). The van der Waals surface area contributed by atoms with Crippen molar-refractivity contribution in [2.75, 3.05) is 39.3 Å². The van der Waals surface area contributed by atoms with E-state index in [1.165, 1.54) is 15.7 Å². The number of unbranched alkanes of at least 4 members (excludes halogenated alkanes) is 2. The predicted octanol–water partition coefficient (Wildman–Crippen LogP) is 10.1. The number of hydrogen-bond acceptors (Lipinski definition) is 9. The maximum atomic E-state index is 9.90. The van der Waals surface area contributed by atoms with Gasteiger partial charge in [0.25, 0.3) is 0 Å². The molecule has 1 saturated carbocycles. The van der Waals surface area contributed by atoms with Crippen LogP contribution in [0, 0.1) is 17.8 Å². The van der Waals surface area contributed by atoms with E-state index in [1.54, 1.807) is 30.6 Å². The van der Waals surface area contributed by atoms with Crippen molar-refractivity contribution in [3.05, 3.63) is 121 Å². The second-order valence-corrected chi connectivity index (χ2v) is 17.0. The van der Waals surface area contributed by atoms with E-state index in [9.17, 15) is 10.2 Å². The molecule has 9 heteroatoms. The number of nitrogens with zero attached hydrogens (tertiary/aromatic N) is 1. The minimum atomic E-state index is -1.04. The maximum Gasteiger partial charge on any atom is 0.231 e. The quantitative estimate of drug-likeness (QED) is 0.0421. The van der Waals surface area contributed by atoms with E-state index in [4.69, 9.17) is 24.2 Å². The summed E-state index contributed by atoms with van der Waals surface area (Å²) in [7, 11) is 1.62. The number of ether oxygens (including phenoxy) is 3. The van der Waals surface area contributed by atoms with Crippen LogP contribution in [0.4, 0.5) is 0 Å². The normalized spacial score (nSPS) is 24.7. The monoisotopic (exact) mass is 779 g/mol. The summed E-state index contributed by atoms with van der Waals surface area (Å²) in [5, 5.41) is 26.6. The van der Waals surface area contributed by atoms with Crippen molar-refractivity contribution in [3.8, 4) is 11.5 Å². The summed E-state index contributed by atoms with van der Waals surface area (Å²) >= 11 is 3.56. The van der Waals surface area contributed by atoms with Crippen molar-refractivity contribution < 1.29 is 29.3 Å². The molecule has 55 heavy (non-hydrogen) atoms. The molecular weight excluding hydrogens is 727 g/mol. The molecule has 0 aromatic heterocycles. The Hall–Kier alpha value is -3.73. The Morgan fingerprint density at radius 3 is 2.45 bits per heavy atom. The maximum absolute atomic E-state index is 9.90. The van der Waals surface area contributed by atoms with Crippen LogP contribution < -0.4 is 9.47 Å². The van der Waals surface area contributed by atoms with E-state index >= 15 is 0 Å². The molecule has 3 aliphatic rings. The lowest BCUT2D eigenvalue weighted by molar-refractivity contribution is -0.223. The molecule has 1 heterocycles. The van der Waals surface area contributed by atoms with Crippen LogP contribution in [0.2, 0.25) is 0 Å². The van der Waals surface area contributed by atoms with Gasteiger partial charge in [-0.15, -0.1) is 30.1 Å². The first-order valence-corrected chi connectivity index (χ1v) is 21.5. The van der Waals surface area contributed by atoms with Crippen molar-refractivity contribution in [3.63, 3.8) is 0 Å². The fourth-order valence-electron chi connectivity index (χ4n) is 8.87. The van der Waals surface area contributed by atoms with Gasteiger partial charge in [-0.3, -0.25) is 0 Å². The van der Waals surface area contributed by atoms with Gasteiger partial charge >= 0.3 is 0 Å². The summed E-state index contributed by atoms with van der Waals surface area (Å²) in [6.45, 7) is 5.30. The van der Waals surface area contributed by atoms with Gasteiger partial charge in [0.05, 0.1) is 30.1 Å². The van der Waals surface area contributed by atoms with Gasteiger partial charge in [-0.1, -0.05) is 78.7 Å². The average molecular weight is 780 g/mol. The lowest BCUT2D eigenvalue weighted by atomic mass is 9.56. The van der Waals surface area contributed by atoms with Gasteiger partial charge in [0.1, 0.15) is 18.6 Å². The summed E-state index contributed by atoms with van der Waals surface area (Å²) in [6, 6.07) is 31.8. The van der Waals surface area contributed by atoms with E-state index in [0.717, 1.165) is 77.5 Å². The lowest BCUT2D eigenvalue weighted by Gasteiger charge is -2.58. The largest absolute Gasteiger partial charge is 0.493 e. The summed E-state index contributed by atoms with van der Waals surface area (Å²) in [6.07, 6.45) is 10.0. The number of oxime groups is 1. The topological polar surface area (TPSA) is 89.7 Å². The molecule has 0 radical (unpaired) electrons. The fourth-order valence-corrected chi connectivity index (χ4v) is 11.0.